The van der Waals surface area contributed by atoms with Gasteiger partial charge in [0.2, 0.25) is 0 Å². The van der Waals surface area contributed by atoms with Crippen LogP contribution in [-0.2, 0) is 4.74 Å². The van der Waals surface area contributed by atoms with Crippen molar-refractivity contribution in [1.29, 1.82) is 0 Å². The summed E-state index contributed by atoms with van der Waals surface area (Å²) in [7, 11) is 0. The molecule has 1 aromatic carbocycles. The van der Waals surface area contributed by atoms with Gasteiger partial charge in [-0.2, -0.15) is 0 Å². The average molecular weight is 398 g/mol. The van der Waals surface area contributed by atoms with Crippen molar-refractivity contribution < 1.29 is 19.4 Å². The molecule has 5 nitrogen and oxygen atoms in total. The molecular formula is C12H13ClINO4. The van der Waals surface area contributed by atoms with Crippen molar-refractivity contribution in [3.8, 4) is 0 Å². The third-order valence-corrected chi connectivity index (χ3v) is 2.98. The number of halogens is 2. The van der Waals surface area contributed by atoms with Gasteiger partial charge in [-0.1, -0.05) is 11.6 Å². The summed E-state index contributed by atoms with van der Waals surface area (Å²) in [5, 5.41) is 11.8. The summed E-state index contributed by atoms with van der Waals surface area (Å²) < 4.78 is 5.60. The zero-order valence-electron chi connectivity index (χ0n) is 10.6. The Hall–Kier alpha value is -1.02. The van der Waals surface area contributed by atoms with Crippen molar-refractivity contribution in [3.05, 3.63) is 26.3 Å². The van der Waals surface area contributed by atoms with E-state index in [-0.39, 0.29) is 16.3 Å². The van der Waals surface area contributed by atoms with E-state index < -0.39 is 17.7 Å². The van der Waals surface area contributed by atoms with Gasteiger partial charge < -0.3 is 9.84 Å². The number of rotatable bonds is 2. The number of amides is 1. The van der Waals surface area contributed by atoms with Gasteiger partial charge in [-0.25, -0.2) is 9.59 Å². The lowest BCUT2D eigenvalue weighted by Gasteiger charge is -2.20. The highest BCUT2D eigenvalue weighted by molar-refractivity contribution is 14.1. The number of nitrogens with one attached hydrogen (secondary N) is 1. The van der Waals surface area contributed by atoms with E-state index >= 15 is 0 Å². The van der Waals surface area contributed by atoms with E-state index in [4.69, 9.17) is 21.4 Å². The molecule has 0 bridgehead atoms. The molecule has 2 N–H and O–H groups in total. The number of carbonyl (C=O) groups excluding carboxylic acids is 1. The number of benzene rings is 1. The maximum atomic E-state index is 11.7. The SMILES string of the molecule is CC(C)(C)OC(=O)Nc1c(I)cc(Cl)cc1C(=O)O. The topological polar surface area (TPSA) is 75.6 Å². The summed E-state index contributed by atoms with van der Waals surface area (Å²) >= 11 is 7.69. The van der Waals surface area contributed by atoms with Gasteiger partial charge in [-0.3, -0.25) is 5.32 Å². The number of hydrogen-bond donors (Lipinski definition) is 2. The van der Waals surface area contributed by atoms with E-state index in [2.05, 4.69) is 5.32 Å². The number of hydrogen-bond acceptors (Lipinski definition) is 3. The Kier molecular flexibility index (Phi) is 5.03. The standard InChI is InChI=1S/C12H13ClINO4/c1-12(2,3)19-11(18)15-9-7(10(16)17)4-6(13)5-8(9)14/h4-5H,1-3H3,(H,15,18)(H,16,17). The third kappa shape index (κ3) is 4.87. The third-order valence-electron chi connectivity index (χ3n) is 1.91. The molecule has 104 valence electrons. The zero-order chi connectivity index (χ0) is 14.8. The molecule has 7 heteroatoms. The van der Waals surface area contributed by atoms with Crippen LogP contribution in [0.4, 0.5) is 10.5 Å². The van der Waals surface area contributed by atoms with Crippen LogP contribution in [0, 0.1) is 3.57 Å². The van der Waals surface area contributed by atoms with Crippen LogP contribution in [0.2, 0.25) is 5.02 Å². The molecule has 0 atom stereocenters. The summed E-state index contributed by atoms with van der Waals surface area (Å²) in [5.41, 5.74) is -0.569. The molecule has 1 aromatic rings. The summed E-state index contributed by atoms with van der Waals surface area (Å²) in [6, 6.07) is 2.83. The first-order chi connectivity index (χ1) is 8.60. The normalized spacial score (nSPS) is 11.0. The minimum Gasteiger partial charge on any atom is -0.478 e. The Morgan fingerprint density at radius 3 is 2.42 bits per heavy atom. The molecule has 0 radical (unpaired) electrons. The summed E-state index contributed by atoms with van der Waals surface area (Å²) in [6.45, 7) is 5.16. The lowest BCUT2D eigenvalue weighted by atomic mass is 10.2. The molecule has 0 fully saturated rings. The lowest BCUT2D eigenvalue weighted by molar-refractivity contribution is 0.0636. The average Bonchev–Trinajstić information content (AvgIpc) is 2.18. The van der Waals surface area contributed by atoms with Crippen molar-refractivity contribution in [2.24, 2.45) is 0 Å². The lowest BCUT2D eigenvalue weighted by Crippen LogP contribution is -2.28. The largest absolute Gasteiger partial charge is 0.478 e. The van der Waals surface area contributed by atoms with Crippen LogP contribution in [-0.4, -0.2) is 22.8 Å². The van der Waals surface area contributed by atoms with Gasteiger partial charge in [0, 0.05) is 8.59 Å². The van der Waals surface area contributed by atoms with Crippen LogP contribution < -0.4 is 5.32 Å². The van der Waals surface area contributed by atoms with Crippen molar-refractivity contribution >= 4 is 51.9 Å². The second-order valence-electron chi connectivity index (χ2n) is 4.74. The molecule has 1 amide bonds. The van der Waals surface area contributed by atoms with Crippen molar-refractivity contribution in [3.63, 3.8) is 0 Å². The predicted molar refractivity (Wildman–Crippen MR) is 81.0 cm³/mol. The molecular weight excluding hydrogens is 384 g/mol. The van der Waals surface area contributed by atoms with Gasteiger partial charge in [0.25, 0.3) is 0 Å². The Morgan fingerprint density at radius 2 is 1.95 bits per heavy atom. The Bertz CT molecular complexity index is 525. The second kappa shape index (κ2) is 5.96. The first-order valence-electron chi connectivity index (χ1n) is 5.32. The first-order valence-corrected chi connectivity index (χ1v) is 6.78. The minimum absolute atomic E-state index is 0.0808. The van der Waals surface area contributed by atoms with Gasteiger partial charge in [0.1, 0.15) is 5.60 Å². The molecule has 0 saturated heterocycles. The summed E-state index contributed by atoms with van der Waals surface area (Å²) in [5.74, 6) is -1.17. The number of carbonyl (C=O) groups is 2. The van der Waals surface area contributed by atoms with Gasteiger partial charge in [-0.15, -0.1) is 0 Å². The molecule has 0 spiro atoms. The van der Waals surface area contributed by atoms with Crippen LogP contribution in [0.15, 0.2) is 12.1 Å². The Balaban J connectivity index is 3.07. The number of carboxylic acid groups (broad SMARTS) is 1. The summed E-state index contributed by atoms with van der Waals surface area (Å²) in [6.07, 6.45) is -0.713. The quantitative estimate of drug-likeness (QED) is 0.740. The summed E-state index contributed by atoms with van der Waals surface area (Å²) in [4.78, 5) is 22.8. The Labute approximate surface area is 129 Å². The van der Waals surface area contributed by atoms with Crippen LogP contribution >= 0.6 is 34.2 Å². The Morgan fingerprint density at radius 1 is 1.37 bits per heavy atom. The predicted octanol–water partition coefficient (Wildman–Crippen LogP) is 3.99. The second-order valence-corrected chi connectivity index (χ2v) is 6.34. The monoisotopic (exact) mass is 397 g/mol. The fraction of sp³-hybridized carbons (Fsp3) is 0.333. The smallest absolute Gasteiger partial charge is 0.412 e. The van der Waals surface area contributed by atoms with Gasteiger partial charge >= 0.3 is 12.1 Å². The van der Waals surface area contributed by atoms with E-state index in [1.54, 1.807) is 26.8 Å². The number of carboxylic acids is 1. The van der Waals surface area contributed by atoms with Gasteiger partial charge in [0.15, 0.2) is 0 Å². The molecule has 0 aliphatic rings. The van der Waals surface area contributed by atoms with E-state index in [0.717, 1.165) is 0 Å². The molecule has 1 rings (SSSR count). The highest BCUT2D eigenvalue weighted by Gasteiger charge is 2.21. The molecule has 0 unspecified atom stereocenters. The van der Waals surface area contributed by atoms with E-state index in [1.807, 2.05) is 22.6 Å². The number of anilines is 1. The molecule has 0 heterocycles. The van der Waals surface area contributed by atoms with Crippen molar-refractivity contribution in [2.75, 3.05) is 5.32 Å². The fourth-order valence-electron chi connectivity index (χ4n) is 1.27. The zero-order valence-corrected chi connectivity index (χ0v) is 13.5. The van der Waals surface area contributed by atoms with Crippen molar-refractivity contribution in [1.82, 2.24) is 0 Å². The van der Waals surface area contributed by atoms with Crippen molar-refractivity contribution in [2.45, 2.75) is 26.4 Å². The highest BCUT2D eigenvalue weighted by atomic mass is 127. The van der Waals surface area contributed by atoms with E-state index in [1.165, 1.54) is 6.07 Å². The molecule has 0 saturated carbocycles. The van der Waals surface area contributed by atoms with Crippen LogP contribution in [0.3, 0.4) is 0 Å². The number of ether oxygens (including phenoxy) is 1. The highest BCUT2D eigenvalue weighted by Crippen LogP contribution is 2.28. The maximum Gasteiger partial charge on any atom is 0.412 e. The molecule has 19 heavy (non-hydrogen) atoms. The van der Waals surface area contributed by atoms with Gasteiger partial charge in [0.05, 0.1) is 11.3 Å². The van der Waals surface area contributed by atoms with Crippen LogP contribution in [0.25, 0.3) is 0 Å². The molecule has 0 aromatic heterocycles. The van der Waals surface area contributed by atoms with Crippen LogP contribution in [0.5, 0.6) is 0 Å². The maximum absolute atomic E-state index is 11.7. The minimum atomic E-state index is -1.17. The van der Waals surface area contributed by atoms with E-state index in [0.29, 0.717) is 3.57 Å². The molecule has 0 aliphatic carbocycles. The number of aromatic carboxylic acids is 1. The molecule has 0 aliphatic heterocycles. The first kappa shape index (κ1) is 16.0. The van der Waals surface area contributed by atoms with E-state index in [9.17, 15) is 9.59 Å². The van der Waals surface area contributed by atoms with Gasteiger partial charge in [-0.05, 0) is 55.5 Å². The van der Waals surface area contributed by atoms with Crippen LogP contribution in [0.1, 0.15) is 31.1 Å². The fourth-order valence-corrected chi connectivity index (χ4v) is 2.44.